The Morgan fingerprint density at radius 2 is 1.78 bits per heavy atom. The van der Waals surface area contributed by atoms with Crippen LogP contribution in [-0.4, -0.2) is 64.1 Å². The average Bonchev–Trinajstić information content (AvgIpc) is 2.56. The van der Waals surface area contributed by atoms with Gasteiger partial charge in [0.2, 0.25) is 11.9 Å². The highest BCUT2D eigenvalue weighted by Gasteiger charge is 2.32. The monoisotopic (exact) mass is 373 g/mol. The first-order valence-electron chi connectivity index (χ1n) is 9.89. The lowest BCUT2D eigenvalue weighted by Crippen LogP contribution is -2.56. The predicted octanol–water partition coefficient (Wildman–Crippen LogP) is 1.83. The number of nitrogens with zero attached hydrogens (tertiary/aromatic N) is 4. The van der Waals surface area contributed by atoms with Crippen LogP contribution in [0.15, 0.2) is 6.07 Å². The number of carboxylic acids is 1. The van der Waals surface area contributed by atoms with Gasteiger partial charge in [0.1, 0.15) is 5.82 Å². The summed E-state index contributed by atoms with van der Waals surface area (Å²) < 4.78 is 0. The van der Waals surface area contributed by atoms with E-state index >= 15 is 0 Å². The number of carbonyl (C=O) groups is 2. The number of piperidine rings is 1. The van der Waals surface area contributed by atoms with Crippen molar-refractivity contribution in [2.24, 2.45) is 11.8 Å². The van der Waals surface area contributed by atoms with Crippen LogP contribution in [0, 0.1) is 11.8 Å². The number of nitrogens with one attached hydrogen (secondary N) is 1. The van der Waals surface area contributed by atoms with E-state index in [9.17, 15) is 14.7 Å². The molecule has 4 rings (SSSR count). The van der Waals surface area contributed by atoms with Crippen molar-refractivity contribution in [2.75, 3.05) is 36.4 Å². The largest absolute Gasteiger partial charge is 0.477 e. The van der Waals surface area contributed by atoms with Gasteiger partial charge in [-0.15, -0.1) is 0 Å². The molecule has 0 radical (unpaired) electrons. The molecule has 0 aromatic carbocycles. The summed E-state index contributed by atoms with van der Waals surface area (Å²) in [5, 5.41) is 12.7. The summed E-state index contributed by atoms with van der Waals surface area (Å²) in [5.41, 5.74) is 0.00589. The molecule has 8 nitrogen and oxygen atoms in total. The summed E-state index contributed by atoms with van der Waals surface area (Å²) in [6.07, 6.45) is 6.35. The van der Waals surface area contributed by atoms with Crippen molar-refractivity contribution >= 4 is 23.6 Å². The standard InChI is InChI=1S/C19H27N5O3/c1-12(25)24-10-15(11-24)20-17-9-16(18(26)27)21-19(22-17)23-7-5-14(6-8-23)13-3-2-4-13/h9,13-15H,2-8,10-11H2,1H3,(H,26,27)(H,20,21,22). The molecule has 3 fully saturated rings. The molecule has 1 aliphatic carbocycles. The smallest absolute Gasteiger partial charge is 0.354 e. The van der Waals surface area contributed by atoms with Crippen LogP contribution in [0.2, 0.25) is 0 Å². The van der Waals surface area contributed by atoms with Crippen molar-refractivity contribution in [2.45, 2.75) is 45.1 Å². The number of hydrogen-bond donors (Lipinski definition) is 2. The molecular weight excluding hydrogens is 346 g/mol. The number of amides is 1. The number of aromatic nitrogens is 2. The van der Waals surface area contributed by atoms with Crippen LogP contribution in [0.1, 0.15) is 49.5 Å². The fourth-order valence-electron chi connectivity index (χ4n) is 4.28. The highest BCUT2D eigenvalue weighted by atomic mass is 16.4. The maximum Gasteiger partial charge on any atom is 0.354 e. The predicted molar refractivity (Wildman–Crippen MR) is 101 cm³/mol. The Bertz CT molecular complexity index is 722. The molecule has 0 unspecified atom stereocenters. The summed E-state index contributed by atoms with van der Waals surface area (Å²) >= 11 is 0. The minimum atomic E-state index is -1.05. The van der Waals surface area contributed by atoms with Gasteiger partial charge in [0.25, 0.3) is 0 Å². The minimum absolute atomic E-state index is 0.00589. The first-order chi connectivity index (χ1) is 13.0. The van der Waals surface area contributed by atoms with Gasteiger partial charge in [-0.05, 0) is 24.7 Å². The Balaban J connectivity index is 1.43. The Morgan fingerprint density at radius 3 is 2.33 bits per heavy atom. The van der Waals surface area contributed by atoms with Crippen LogP contribution in [0.25, 0.3) is 0 Å². The molecule has 0 atom stereocenters. The van der Waals surface area contributed by atoms with Crippen molar-refractivity contribution < 1.29 is 14.7 Å². The summed E-state index contributed by atoms with van der Waals surface area (Å²) in [6, 6.07) is 1.58. The zero-order valence-electron chi connectivity index (χ0n) is 15.7. The van der Waals surface area contributed by atoms with Crippen molar-refractivity contribution in [1.29, 1.82) is 0 Å². The van der Waals surface area contributed by atoms with Gasteiger partial charge in [0.05, 0.1) is 6.04 Å². The van der Waals surface area contributed by atoms with E-state index in [0.717, 1.165) is 37.8 Å². The van der Waals surface area contributed by atoms with E-state index in [1.165, 1.54) is 25.3 Å². The SMILES string of the molecule is CC(=O)N1CC(Nc2cc(C(=O)O)nc(N3CCC(C4CCC4)CC3)n2)C1. The molecule has 1 saturated carbocycles. The summed E-state index contributed by atoms with van der Waals surface area (Å²) in [4.78, 5) is 35.5. The van der Waals surface area contributed by atoms with E-state index < -0.39 is 5.97 Å². The molecule has 2 aliphatic heterocycles. The third kappa shape index (κ3) is 3.84. The second-order valence-electron chi connectivity index (χ2n) is 8.02. The molecule has 0 spiro atoms. The van der Waals surface area contributed by atoms with Gasteiger partial charge < -0.3 is 20.2 Å². The van der Waals surface area contributed by atoms with Crippen LogP contribution in [-0.2, 0) is 4.79 Å². The first kappa shape index (κ1) is 18.0. The minimum Gasteiger partial charge on any atom is -0.477 e. The van der Waals surface area contributed by atoms with Gasteiger partial charge in [-0.3, -0.25) is 4.79 Å². The lowest BCUT2D eigenvalue weighted by atomic mass is 9.72. The van der Waals surface area contributed by atoms with Crippen molar-refractivity contribution in [3.05, 3.63) is 11.8 Å². The number of carbonyl (C=O) groups excluding carboxylic acids is 1. The highest BCUT2D eigenvalue weighted by Crippen LogP contribution is 2.39. The van der Waals surface area contributed by atoms with Crippen LogP contribution < -0.4 is 10.2 Å². The van der Waals surface area contributed by atoms with E-state index in [2.05, 4.69) is 20.2 Å². The lowest BCUT2D eigenvalue weighted by Gasteiger charge is -2.40. The third-order valence-electron chi connectivity index (χ3n) is 6.25. The molecular formula is C19H27N5O3. The molecule has 3 aliphatic rings. The number of carboxylic acid groups (broad SMARTS) is 1. The first-order valence-corrected chi connectivity index (χ1v) is 9.89. The number of likely N-dealkylation sites (tertiary alicyclic amines) is 1. The Labute approximate surface area is 159 Å². The number of aromatic carboxylic acids is 1. The second kappa shape index (κ2) is 7.32. The van der Waals surface area contributed by atoms with E-state index in [1.54, 1.807) is 11.8 Å². The molecule has 2 N–H and O–H groups in total. The topological polar surface area (TPSA) is 98.7 Å². The quantitative estimate of drug-likeness (QED) is 0.812. The lowest BCUT2D eigenvalue weighted by molar-refractivity contribution is -0.132. The zero-order chi connectivity index (χ0) is 19.0. The van der Waals surface area contributed by atoms with E-state index in [-0.39, 0.29) is 17.6 Å². The molecule has 0 bridgehead atoms. The zero-order valence-corrected chi connectivity index (χ0v) is 15.7. The second-order valence-corrected chi connectivity index (χ2v) is 8.02. The van der Waals surface area contributed by atoms with Gasteiger partial charge >= 0.3 is 5.97 Å². The fourth-order valence-corrected chi connectivity index (χ4v) is 4.28. The van der Waals surface area contributed by atoms with Gasteiger partial charge in [0.15, 0.2) is 5.69 Å². The number of anilines is 2. The molecule has 1 aromatic heterocycles. The molecule has 27 heavy (non-hydrogen) atoms. The van der Waals surface area contributed by atoms with Gasteiger partial charge in [-0.1, -0.05) is 19.3 Å². The van der Waals surface area contributed by atoms with E-state index in [1.807, 2.05) is 0 Å². The average molecular weight is 373 g/mol. The molecule has 1 aromatic rings. The summed E-state index contributed by atoms with van der Waals surface area (Å²) in [7, 11) is 0. The van der Waals surface area contributed by atoms with E-state index in [4.69, 9.17) is 0 Å². The van der Waals surface area contributed by atoms with Crippen molar-refractivity contribution in [3.8, 4) is 0 Å². The molecule has 8 heteroatoms. The highest BCUT2D eigenvalue weighted by molar-refractivity contribution is 5.86. The van der Waals surface area contributed by atoms with Crippen LogP contribution >= 0.6 is 0 Å². The fraction of sp³-hybridized carbons (Fsp3) is 0.684. The maximum absolute atomic E-state index is 11.5. The summed E-state index contributed by atoms with van der Waals surface area (Å²) in [6.45, 7) is 4.54. The Hall–Kier alpha value is -2.38. The maximum atomic E-state index is 11.5. The van der Waals surface area contributed by atoms with Crippen LogP contribution in [0.4, 0.5) is 11.8 Å². The van der Waals surface area contributed by atoms with Crippen molar-refractivity contribution in [1.82, 2.24) is 14.9 Å². The normalized spacial score (nSPS) is 21.5. The van der Waals surface area contributed by atoms with E-state index in [0.29, 0.717) is 24.9 Å². The molecule has 3 heterocycles. The van der Waals surface area contributed by atoms with Gasteiger partial charge in [-0.2, -0.15) is 4.98 Å². The van der Waals surface area contributed by atoms with Crippen LogP contribution in [0.5, 0.6) is 0 Å². The number of rotatable bonds is 5. The van der Waals surface area contributed by atoms with Crippen LogP contribution in [0.3, 0.4) is 0 Å². The molecule has 2 saturated heterocycles. The Morgan fingerprint density at radius 1 is 1.11 bits per heavy atom. The molecule has 146 valence electrons. The summed E-state index contributed by atoms with van der Waals surface area (Å²) in [5.74, 6) is 1.70. The van der Waals surface area contributed by atoms with Crippen molar-refractivity contribution in [3.63, 3.8) is 0 Å². The van der Waals surface area contributed by atoms with Gasteiger partial charge in [0, 0.05) is 39.2 Å². The molecule has 1 amide bonds. The Kier molecular flexibility index (Phi) is 4.88. The van der Waals surface area contributed by atoms with Gasteiger partial charge in [-0.25, -0.2) is 9.78 Å². The third-order valence-corrected chi connectivity index (χ3v) is 6.25. The number of hydrogen-bond acceptors (Lipinski definition) is 6.